The Morgan fingerprint density at radius 2 is 2.24 bits per heavy atom. The SMILES string of the molecule is CCOC(=O)Cc1ccc(C#N)c(Cl)c1CCl. The molecule has 0 heterocycles. The second kappa shape index (κ2) is 6.48. The van der Waals surface area contributed by atoms with Gasteiger partial charge < -0.3 is 4.74 Å². The lowest BCUT2D eigenvalue weighted by Crippen LogP contribution is -2.09. The fourth-order valence-electron chi connectivity index (χ4n) is 1.43. The Bertz CT molecular complexity index is 466. The van der Waals surface area contributed by atoms with Crippen molar-refractivity contribution in [3.8, 4) is 6.07 Å². The predicted molar refractivity (Wildman–Crippen MR) is 66.1 cm³/mol. The summed E-state index contributed by atoms with van der Waals surface area (Å²) in [6, 6.07) is 5.22. The Kier molecular flexibility index (Phi) is 5.27. The van der Waals surface area contributed by atoms with Gasteiger partial charge in [-0.15, -0.1) is 11.6 Å². The minimum Gasteiger partial charge on any atom is -0.466 e. The van der Waals surface area contributed by atoms with Crippen LogP contribution in [0, 0.1) is 11.3 Å². The molecule has 0 aliphatic carbocycles. The average molecular weight is 272 g/mol. The van der Waals surface area contributed by atoms with Crippen molar-refractivity contribution in [2.24, 2.45) is 0 Å². The summed E-state index contributed by atoms with van der Waals surface area (Å²) < 4.78 is 4.85. The van der Waals surface area contributed by atoms with Crippen molar-refractivity contribution in [1.29, 1.82) is 5.26 Å². The first-order chi connectivity index (χ1) is 8.13. The molecule has 90 valence electrons. The highest BCUT2D eigenvalue weighted by molar-refractivity contribution is 6.33. The molecule has 1 aromatic carbocycles. The number of hydrogen-bond donors (Lipinski definition) is 0. The molecule has 0 radical (unpaired) electrons. The Morgan fingerprint density at radius 3 is 2.76 bits per heavy atom. The second-order valence-electron chi connectivity index (χ2n) is 3.29. The van der Waals surface area contributed by atoms with Crippen LogP contribution >= 0.6 is 23.2 Å². The summed E-state index contributed by atoms with van der Waals surface area (Å²) in [5.74, 6) is -0.178. The molecule has 0 saturated carbocycles. The van der Waals surface area contributed by atoms with Gasteiger partial charge >= 0.3 is 5.97 Å². The summed E-state index contributed by atoms with van der Waals surface area (Å²) in [5.41, 5.74) is 1.66. The van der Waals surface area contributed by atoms with Crippen molar-refractivity contribution in [1.82, 2.24) is 0 Å². The van der Waals surface area contributed by atoms with Gasteiger partial charge in [-0.1, -0.05) is 17.7 Å². The third-order valence-electron chi connectivity index (χ3n) is 2.23. The quantitative estimate of drug-likeness (QED) is 0.625. The summed E-state index contributed by atoms with van der Waals surface area (Å²) >= 11 is 11.8. The van der Waals surface area contributed by atoms with Crippen molar-refractivity contribution >= 4 is 29.2 Å². The van der Waals surface area contributed by atoms with Gasteiger partial charge in [0.2, 0.25) is 0 Å². The van der Waals surface area contributed by atoms with Crippen LogP contribution in [0.3, 0.4) is 0 Å². The van der Waals surface area contributed by atoms with Crippen LogP contribution in [0.4, 0.5) is 0 Å². The molecule has 1 aromatic rings. The third kappa shape index (κ3) is 3.36. The summed E-state index contributed by atoms with van der Waals surface area (Å²) in [6.45, 7) is 2.07. The van der Waals surface area contributed by atoms with Gasteiger partial charge in [0, 0.05) is 5.88 Å². The number of halogens is 2. The number of benzene rings is 1. The van der Waals surface area contributed by atoms with E-state index in [-0.39, 0.29) is 18.3 Å². The molecule has 0 fully saturated rings. The van der Waals surface area contributed by atoms with Gasteiger partial charge in [-0.25, -0.2) is 0 Å². The average Bonchev–Trinajstić information content (AvgIpc) is 2.30. The van der Waals surface area contributed by atoms with Crippen molar-refractivity contribution in [2.75, 3.05) is 6.61 Å². The van der Waals surface area contributed by atoms with E-state index in [1.54, 1.807) is 19.1 Å². The Labute approximate surface area is 110 Å². The van der Waals surface area contributed by atoms with E-state index < -0.39 is 0 Å². The van der Waals surface area contributed by atoms with E-state index in [1.807, 2.05) is 6.07 Å². The molecule has 5 heteroatoms. The lowest BCUT2D eigenvalue weighted by molar-refractivity contribution is -0.142. The second-order valence-corrected chi connectivity index (χ2v) is 3.94. The molecule has 0 aromatic heterocycles. The van der Waals surface area contributed by atoms with Crippen molar-refractivity contribution in [3.63, 3.8) is 0 Å². The van der Waals surface area contributed by atoms with Crippen LogP contribution in [-0.4, -0.2) is 12.6 Å². The number of ether oxygens (including phenoxy) is 1. The number of nitriles is 1. The third-order valence-corrected chi connectivity index (χ3v) is 2.93. The molecule has 0 spiro atoms. The molecular formula is C12H11Cl2NO2. The number of hydrogen-bond acceptors (Lipinski definition) is 3. The van der Waals surface area contributed by atoms with Crippen LogP contribution in [0.15, 0.2) is 12.1 Å². The molecule has 0 N–H and O–H groups in total. The van der Waals surface area contributed by atoms with Crippen LogP contribution in [0.1, 0.15) is 23.6 Å². The van der Waals surface area contributed by atoms with Crippen molar-refractivity contribution in [3.05, 3.63) is 33.8 Å². The van der Waals surface area contributed by atoms with E-state index in [0.29, 0.717) is 28.3 Å². The highest BCUT2D eigenvalue weighted by Gasteiger charge is 2.14. The topological polar surface area (TPSA) is 50.1 Å². The monoisotopic (exact) mass is 271 g/mol. The lowest BCUT2D eigenvalue weighted by atomic mass is 10.0. The first-order valence-electron chi connectivity index (χ1n) is 5.06. The maximum atomic E-state index is 11.4. The first-order valence-corrected chi connectivity index (χ1v) is 5.97. The van der Waals surface area contributed by atoms with Gasteiger partial charge in [0.25, 0.3) is 0 Å². The van der Waals surface area contributed by atoms with Crippen LogP contribution < -0.4 is 0 Å². The Hall–Kier alpha value is -1.24. The highest BCUT2D eigenvalue weighted by Crippen LogP contribution is 2.26. The van der Waals surface area contributed by atoms with Gasteiger partial charge in [0.15, 0.2) is 0 Å². The first kappa shape index (κ1) is 13.8. The van der Waals surface area contributed by atoms with Crippen molar-refractivity contribution in [2.45, 2.75) is 19.2 Å². The van der Waals surface area contributed by atoms with E-state index >= 15 is 0 Å². The van der Waals surface area contributed by atoms with Gasteiger partial charge in [-0.3, -0.25) is 4.79 Å². The number of nitrogens with zero attached hydrogens (tertiary/aromatic N) is 1. The number of alkyl halides is 1. The van der Waals surface area contributed by atoms with Gasteiger partial charge in [0.05, 0.1) is 23.6 Å². The molecule has 17 heavy (non-hydrogen) atoms. The molecule has 0 saturated heterocycles. The maximum absolute atomic E-state index is 11.4. The summed E-state index contributed by atoms with van der Waals surface area (Å²) in [5, 5.41) is 9.14. The normalized spacial score (nSPS) is 9.76. The van der Waals surface area contributed by atoms with E-state index in [2.05, 4.69) is 0 Å². The van der Waals surface area contributed by atoms with Crippen LogP contribution in [-0.2, 0) is 21.8 Å². The summed E-state index contributed by atoms with van der Waals surface area (Å²) in [4.78, 5) is 11.4. The van der Waals surface area contributed by atoms with E-state index in [0.717, 1.165) is 0 Å². The van der Waals surface area contributed by atoms with Crippen LogP contribution in [0.5, 0.6) is 0 Å². The summed E-state index contributed by atoms with van der Waals surface area (Å²) in [7, 11) is 0. The van der Waals surface area contributed by atoms with Crippen LogP contribution in [0.2, 0.25) is 5.02 Å². The number of esters is 1. The molecule has 3 nitrogen and oxygen atoms in total. The Morgan fingerprint density at radius 1 is 1.53 bits per heavy atom. The van der Waals surface area contributed by atoms with E-state index in [1.165, 1.54) is 0 Å². The van der Waals surface area contributed by atoms with Crippen molar-refractivity contribution < 1.29 is 9.53 Å². The molecule has 0 unspecified atom stereocenters. The number of carbonyl (C=O) groups is 1. The highest BCUT2D eigenvalue weighted by atomic mass is 35.5. The standard InChI is InChI=1S/C12H11Cl2NO2/c1-2-17-11(16)5-8-3-4-9(7-15)12(14)10(8)6-13/h3-4H,2,5-6H2,1H3. The molecule has 0 aliphatic rings. The van der Waals surface area contributed by atoms with E-state index in [4.69, 9.17) is 33.2 Å². The van der Waals surface area contributed by atoms with Gasteiger partial charge in [-0.05, 0) is 24.1 Å². The van der Waals surface area contributed by atoms with Gasteiger partial charge in [0.1, 0.15) is 6.07 Å². The fourth-order valence-corrected chi connectivity index (χ4v) is 2.09. The lowest BCUT2D eigenvalue weighted by Gasteiger charge is -2.09. The zero-order chi connectivity index (χ0) is 12.8. The zero-order valence-corrected chi connectivity index (χ0v) is 10.8. The summed E-state index contributed by atoms with van der Waals surface area (Å²) in [6.07, 6.45) is 0.112. The number of carbonyl (C=O) groups excluding carboxylic acids is 1. The molecule has 0 amide bonds. The smallest absolute Gasteiger partial charge is 0.310 e. The molecule has 0 bridgehead atoms. The largest absolute Gasteiger partial charge is 0.466 e. The number of rotatable bonds is 4. The minimum atomic E-state index is -0.334. The predicted octanol–water partition coefficient (Wildman–Crippen LogP) is 3.06. The van der Waals surface area contributed by atoms with Gasteiger partial charge in [-0.2, -0.15) is 5.26 Å². The molecule has 1 rings (SSSR count). The maximum Gasteiger partial charge on any atom is 0.310 e. The molecular weight excluding hydrogens is 261 g/mol. The molecule has 0 atom stereocenters. The minimum absolute atomic E-state index is 0.112. The Balaban J connectivity index is 3.05. The fraction of sp³-hybridized carbons (Fsp3) is 0.333. The molecule has 0 aliphatic heterocycles. The van der Waals surface area contributed by atoms with Crippen LogP contribution in [0.25, 0.3) is 0 Å². The zero-order valence-electron chi connectivity index (χ0n) is 9.30. The van der Waals surface area contributed by atoms with E-state index in [9.17, 15) is 4.79 Å².